The highest BCUT2D eigenvalue weighted by molar-refractivity contribution is 5.95. The van der Waals surface area contributed by atoms with Gasteiger partial charge in [-0.2, -0.15) is 0 Å². The summed E-state index contributed by atoms with van der Waals surface area (Å²) in [4.78, 5) is 17.8. The first-order valence-corrected chi connectivity index (χ1v) is 3.75. The maximum atomic E-state index is 11.2. The molecule has 66 valence electrons. The van der Waals surface area contributed by atoms with E-state index in [2.05, 4.69) is 9.96 Å². The highest BCUT2D eigenvalue weighted by Gasteiger charge is 2.20. The molecule has 5 heteroatoms. The Hall–Kier alpha value is -1.96. The van der Waals surface area contributed by atoms with Crippen molar-refractivity contribution in [1.82, 2.24) is 4.98 Å². The first-order chi connectivity index (χ1) is 6.29. The zero-order chi connectivity index (χ0) is 9.68. The van der Waals surface area contributed by atoms with E-state index in [1.807, 2.05) is 0 Å². The Balaban J connectivity index is 3.01. The lowest BCUT2D eigenvalue weighted by Crippen LogP contribution is -2.04. The molecular weight excluding hydrogens is 170 g/mol. The molecule has 1 rings (SSSR count). The molecule has 0 aromatic carbocycles. The van der Waals surface area contributed by atoms with E-state index in [9.17, 15) is 4.79 Å². The molecule has 0 spiro atoms. The zero-order valence-corrected chi connectivity index (χ0v) is 7.10. The van der Waals surface area contributed by atoms with Gasteiger partial charge in [0.05, 0.1) is 6.61 Å². The second-order valence-corrected chi connectivity index (χ2v) is 2.21. The fourth-order valence-electron chi connectivity index (χ4n) is 0.847. The average Bonchev–Trinajstić information content (AvgIpc) is 2.18. The van der Waals surface area contributed by atoms with Crippen molar-refractivity contribution in [2.45, 2.75) is 6.92 Å². The molecular formula is C8H8N3O2+. The maximum absolute atomic E-state index is 11.2. The SMILES string of the molecule is CCOC(=O)c1ccncc1[N+]#N. The predicted octanol–water partition coefficient (Wildman–Crippen LogP) is 1.74. The van der Waals surface area contributed by atoms with Crippen LogP contribution in [0, 0.1) is 5.39 Å². The Labute approximate surface area is 75.0 Å². The Morgan fingerprint density at radius 2 is 2.54 bits per heavy atom. The Kier molecular flexibility index (Phi) is 2.92. The number of nitrogens with zero attached hydrogens (tertiary/aromatic N) is 3. The number of hydrogen-bond acceptors (Lipinski definition) is 4. The standard InChI is InChI=1S/C8H8N3O2/c1-2-13-8(12)6-3-4-10-5-7(6)11-9/h3-5H,2H2,1H3/q+1. The van der Waals surface area contributed by atoms with Crippen LogP contribution >= 0.6 is 0 Å². The van der Waals surface area contributed by atoms with Crippen molar-refractivity contribution in [3.63, 3.8) is 0 Å². The third kappa shape index (κ3) is 1.99. The minimum atomic E-state index is -0.516. The quantitative estimate of drug-likeness (QED) is 0.511. The second-order valence-electron chi connectivity index (χ2n) is 2.21. The molecule has 5 nitrogen and oxygen atoms in total. The van der Waals surface area contributed by atoms with E-state index in [0.29, 0.717) is 0 Å². The molecule has 0 aliphatic carbocycles. The molecule has 13 heavy (non-hydrogen) atoms. The van der Waals surface area contributed by atoms with E-state index < -0.39 is 5.97 Å². The van der Waals surface area contributed by atoms with Crippen LogP contribution in [0.25, 0.3) is 4.98 Å². The van der Waals surface area contributed by atoms with Crippen molar-refractivity contribution in [3.8, 4) is 0 Å². The van der Waals surface area contributed by atoms with E-state index in [1.54, 1.807) is 6.92 Å². The van der Waals surface area contributed by atoms with Crippen LogP contribution in [0.1, 0.15) is 17.3 Å². The normalized spacial score (nSPS) is 8.92. The summed E-state index contributed by atoms with van der Waals surface area (Å²) >= 11 is 0. The number of carbonyl (C=O) groups excluding carboxylic acids is 1. The molecule has 0 fully saturated rings. The third-order valence-corrected chi connectivity index (χ3v) is 1.40. The number of aromatic nitrogens is 1. The van der Waals surface area contributed by atoms with E-state index in [4.69, 9.17) is 10.1 Å². The highest BCUT2D eigenvalue weighted by Crippen LogP contribution is 2.17. The van der Waals surface area contributed by atoms with Gasteiger partial charge in [-0.05, 0) is 13.0 Å². The minimum Gasteiger partial charge on any atom is -0.462 e. The number of diazo groups is 1. The lowest BCUT2D eigenvalue weighted by Gasteiger charge is -1.97. The van der Waals surface area contributed by atoms with Crippen molar-refractivity contribution < 1.29 is 9.53 Å². The lowest BCUT2D eigenvalue weighted by molar-refractivity contribution is 0.0527. The first-order valence-electron chi connectivity index (χ1n) is 3.75. The number of carbonyl (C=O) groups is 1. The van der Waals surface area contributed by atoms with Gasteiger partial charge in [-0.15, -0.1) is 0 Å². The molecule has 1 aromatic heterocycles. The van der Waals surface area contributed by atoms with E-state index >= 15 is 0 Å². The number of ether oxygens (including phenoxy) is 1. The summed E-state index contributed by atoms with van der Waals surface area (Å²) in [7, 11) is 0. The molecule has 0 aliphatic rings. The maximum Gasteiger partial charge on any atom is 0.417 e. The van der Waals surface area contributed by atoms with Crippen LogP contribution in [0.3, 0.4) is 0 Å². The summed E-state index contributed by atoms with van der Waals surface area (Å²) in [6, 6.07) is 1.44. The molecule has 0 saturated heterocycles. The summed E-state index contributed by atoms with van der Waals surface area (Å²) in [5, 5.41) is 8.51. The average molecular weight is 178 g/mol. The molecule has 0 N–H and O–H groups in total. The number of hydrogen-bond donors (Lipinski definition) is 0. The van der Waals surface area contributed by atoms with Crippen molar-refractivity contribution in [3.05, 3.63) is 29.0 Å². The summed E-state index contributed by atoms with van der Waals surface area (Å²) < 4.78 is 4.73. The van der Waals surface area contributed by atoms with Gasteiger partial charge in [-0.3, -0.25) is 4.98 Å². The predicted molar refractivity (Wildman–Crippen MR) is 44.9 cm³/mol. The van der Waals surface area contributed by atoms with Crippen molar-refractivity contribution in [2.75, 3.05) is 6.61 Å². The Morgan fingerprint density at radius 1 is 1.77 bits per heavy atom. The van der Waals surface area contributed by atoms with Gasteiger partial charge in [0.25, 0.3) is 0 Å². The fraction of sp³-hybridized carbons (Fsp3) is 0.250. The van der Waals surface area contributed by atoms with Crippen molar-refractivity contribution >= 4 is 11.7 Å². The monoisotopic (exact) mass is 178 g/mol. The molecule has 0 unspecified atom stereocenters. The summed E-state index contributed by atoms with van der Waals surface area (Å²) in [5.74, 6) is -0.516. The second kappa shape index (κ2) is 4.16. The summed E-state index contributed by atoms with van der Waals surface area (Å²) in [6.45, 7) is 1.99. The summed E-state index contributed by atoms with van der Waals surface area (Å²) in [5.41, 5.74) is 0.320. The minimum absolute atomic E-state index is 0.112. The highest BCUT2D eigenvalue weighted by atomic mass is 16.5. The van der Waals surface area contributed by atoms with E-state index in [1.165, 1.54) is 18.5 Å². The Bertz CT molecular complexity index is 357. The smallest absolute Gasteiger partial charge is 0.417 e. The van der Waals surface area contributed by atoms with Gasteiger partial charge in [0.1, 0.15) is 6.20 Å². The van der Waals surface area contributed by atoms with Gasteiger partial charge in [-0.25, -0.2) is 4.79 Å². The van der Waals surface area contributed by atoms with Gasteiger partial charge in [0.15, 0.2) is 10.5 Å². The van der Waals surface area contributed by atoms with E-state index in [-0.39, 0.29) is 17.9 Å². The van der Waals surface area contributed by atoms with E-state index in [0.717, 1.165) is 0 Å². The molecule has 0 saturated carbocycles. The molecule has 0 atom stereocenters. The van der Waals surface area contributed by atoms with Crippen LogP contribution in [-0.2, 0) is 4.74 Å². The van der Waals surface area contributed by atoms with Crippen LogP contribution in [0.4, 0.5) is 5.69 Å². The molecule has 0 bridgehead atoms. The van der Waals surface area contributed by atoms with Crippen molar-refractivity contribution in [2.24, 2.45) is 0 Å². The topological polar surface area (TPSA) is 67.3 Å². The lowest BCUT2D eigenvalue weighted by atomic mass is 10.2. The molecule has 0 radical (unpaired) electrons. The third-order valence-electron chi connectivity index (χ3n) is 1.40. The molecule has 0 aliphatic heterocycles. The summed E-state index contributed by atoms with van der Waals surface area (Å²) in [6.07, 6.45) is 2.72. The molecule has 0 amide bonds. The molecule has 1 aromatic rings. The molecule has 1 heterocycles. The van der Waals surface area contributed by atoms with Crippen LogP contribution in [-0.4, -0.2) is 17.6 Å². The number of rotatable bonds is 2. The first kappa shape index (κ1) is 9.13. The fourth-order valence-corrected chi connectivity index (χ4v) is 0.847. The van der Waals surface area contributed by atoms with Gasteiger partial charge in [0, 0.05) is 6.20 Å². The van der Waals surface area contributed by atoms with Crippen LogP contribution in [0.5, 0.6) is 0 Å². The van der Waals surface area contributed by atoms with Crippen LogP contribution in [0.15, 0.2) is 18.5 Å². The number of pyridine rings is 1. The number of esters is 1. The Morgan fingerprint density at radius 3 is 3.15 bits per heavy atom. The van der Waals surface area contributed by atoms with Gasteiger partial charge >= 0.3 is 11.7 Å². The van der Waals surface area contributed by atoms with Gasteiger partial charge in [-0.1, -0.05) is 0 Å². The van der Waals surface area contributed by atoms with Gasteiger partial charge in [0.2, 0.25) is 5.39 Å². The van der Waals surface area contributed by atoms with Gasteiger partial charge < -0.3 is 4.74 Å². The van der Waals surface area contributed by atoms with Crippen LogP contribution < -0.4 is 0 Å². The largest absolute Gasteiger partial charge is 0.462 e. The van der Waals surface area contributed by atoms with Crippen molar-refractivity contribution in [1.29, 1.82) is 5.39 Å². The zero-order valence-electron chi connectivity index (χ0n) is 7.10. The van der Waals surface area contributed by atoms with Crippen LogP contribution in [0.2, 0.25) is 0 Å².